The van der Waals surface area contributed by atoms with E-state index in [-0.39, 0.29) is 5.78 Å². The van der Waals surface area contributed by atoms with E-state index in [2.05, 4.69) is 0 Å². The SMILES string of the molecule is CN(C)c1cccc(C(=O)CCCCCl)c1. The first kappa shape index (κ1) is 13.0. The zero-order chi connectivity index (χ0) is 12.0. The molecular formula is C13H18ClNO. The van der Waals surface area contributed by atoms with E-state index in [1.165, 1.54) is 0 Å². The van der Waals surface area contributed by atoms with Crippen LogP contribution in [-0.2, 0) is 0 Å². The van der Waals surface area contributed by atoms with Crippen LogP contribution in [0.15, 0.2) is 24.3 Å². The minimum Gasteiger partial charge on any atom is -0.378 e. The van der Waals surface area contributed by atoms with E-state index in [4.69, 9.17) is 11.6 Å². The van der Waals surface area contributed by atoms with Gasteiger partial charge < -0.3 is 4.90 Å². The van der Waals surface area contributed by atoms with Crippen molar-refractivity contribution in [3.63, 3.8) is 0 Å². The highest BCUT2D eigenvalue weighted by molar-refractivity contribution is 6.17. The predicted octanol–water partition coefficient (Wildman–Crippen LogP) is 3.34. The molecule has 0 aliphatic rings. The van der Waals surface area contributed by atoms with Gasteiger partial charge in [0.25, 0.3) is 0 Å². The smallest absolute Gasteiger partial charge is 0.162 e. The number of nitrogens with zero attached hydrogens (tertiary/aromatic N) is 1. The first-order valence-electron chi connectivity index (χ1n) is 5.51. The molecule has 0 spiro atoms. The van der Waals surface area contributed by atoms with Gasteiger partial charge in [0.05, 0.1) is 0 Å². The second kappa shape index (κ2) is 6.54. The monoisotopic (exact) mass is 239 g/mol. The van der Waals surface area contributed by atoms with E-state index < -0.39 is 0 Å². The standard InChI is InChI=1S/C13H18ClNO/c1-15(2)12-7-5-6-11(10-12)13(16)8-3-4-9-14/h5-7,10H,3-4,8-9H2,1-2H3. The number of hydrogen-bond donors (Lipinski definition) is 0. The fraction of sp³-hybridized carbons (Fsp3) is 0.462. The van der Waals surface area contributed by atoms with Crippen LogP contribution in [0.3, 0.4) is 0 Å². The Morgan fingerprint density at radius 2 is 2.06 bits per heavy atom. The van der Waals surface area contributed by atoms with Gasteiger partial charge in [0.2, 0.25) is 0 Å². The van der Waals surface area contributed by atoms with Gasteiger partial charge in [-0.2, -0.15) is 0 Å². The zero-order valence-electron chi connectivity index (χ0n) is 9.87. The quantitative estimate of drug-likeness (QED) is 0.431. The van der Waals surface area contributed by atoms with E-state index >= 15 is 0 Å². The van der Waals surface area contributed by atoms with Crippen LogP contribution in [0.1, 0.15) is 29.6 Å². The third kappa shape index (κ3) is 3.86. The number of alkyl halides is 1. The topological polar surface area (TPSA) is 20.3 Å². The lowest BCUT2D eigenvalue weighted by Crippen LogP contribution is -2.09. The highest BCUT2D eigenvalue weighted by Gasteiger charge is 2.06. The molecule has 3 heteroatoms. The minimum atomic E-state index is 0.203. The number of benzene rings is 1. The van der Waals surface area contributed by atoms with Crippen molar-refractivity contribution in [1.82, 2.24) is 0 Å². The number of carbonyl (C=O) groups excluding carboxylic acids is 1. The van der Waals surface area contributed by atoms with E-state index in [0.717, 1.165) is 24.1 Å². The maximum atomic E-state index is 11.8. The second-order valence-electron chi connectivity index (χ2n) is 4.01. The van der Waals surface area contributed by atoms with Gasteiger partial charge in [0, 0.05) is 37.6 Å². The Morgan fingerprint density at radius 3 is 2.69 bits per heavy atom. The third-order valence-electron chi connectivity index (χ3n) is 2.47. The zero-order valence-corrected chi connectivity index (χ0v) is 10.6. The largest absolute Gasteiger partial charge is 0.378 e. The molecule has 1 rings (SSSR count). The summed E-state index contributed by atoms with van der Waals surface area (Å²) in [6.07, 6.45) is 2.36. The fourth-order valence-corrected chi connectivity index (χ4v) is 1.67. The van der Waals surface area contributed by atoms with Crippen LogP contribution in [-0.4, -0.2) is 25.8 Å². The third-order valence-corrected chi connectivity index (χ3v) is 2.74. The van der Waals surface area contributed by atoms with Gasteiger partial charge >= 0.3 is 0 Å². The number of rotatable bonds is 6. The molecular weight excluding hydrogens is 222 g/mol. The Hall–Kier alpha value is -1.02. The minimum absolute atomic E-state index is 0.203. The average Bonchev–Trinajstić information content (AvgIpc) is 2.29. The van der Waals surface area contributed by atoms with Crippen molar-refractivity contribution >= 4 is 23.1 Å². The summed E-state index contributed by atoms with van der Waals surface area (Å²) in [6.45, 7) is 0. The van der Waals surface area contributed by atoms with Gasteiger partial charge in [0.15, 0.2) is 5.78 Å². The van der Waals surface area contributed by atoms with E-state index in [0.29, 0.717) is 12.3 Å². The maximum absolute atomic E-state index is 11.8. The lowest BCUT2D eigenvalue weighted by atomic mass is 10.1. The molecule has 0 saturated heterocycles. The summed E-state index contributed by atoms with van der Waals surface area (Å²) >= 11 is 5.58. The average molecular weight is 240 g/mol. The molecule has 0 atom stereocenters. The van der Waals surface area contributed by atoms with Crippen molar-refractivity contribution in [1.29, 1.82) is 0 Å². The van der Waals surface area contributed by atoms with Crippen molar-refractivity contribution in [3.05, 3.63) is 29.8 Å². The van der Waals surface area contributed by atoms with Crippen LogP contribution in [0.25, 0.3) is 0 Å². The highest BCUT2D eigenvalue weighted by atomic mass is 35.5. The number of Topliss-reactive ketones (excluding diaryl/α,β-unsaturated/α-hetero) is 1. The fourth-order valence-electron chi connectivity index (χ4n) is 1.48. The van der Waals surface area contributed by atoms with Crippen LogP contribution >= 0.6 is 11.6 Å². The molecule has 0 aliphatic heterocycles. The first-order chi connectivity index (χ1) is 7.65. The van der Waals surface area contributed by atoms with Crippen LogP contribution in [0.5, 0.6) is 0 Å². The second-order valence-corrected chi connectivity index (χ2v) is 4.39. The van der Waals surface area contributed by atoms with E-state index in [1.807, 2.05) is 43.3 Å². The lowest BCUT2D eigenvalue weighted by Gasteiger charge is -2.13. The molecule has 0 N–H and O–H groups in total. The number of anilines is 1. The van der Waals surface area contributed by atoms with Crippen molar-refractivity contribution in [3.8, 4) is 0 Å². The summed E-state index contributed by atoms with van der Waals surface area (Å²) in [6, 6.07) is 7.72. The van der Waals surface area contributed by atoms with Crippen molar-refractivity contribution in [2.45, 2.75) is 19.3 Å². The molecule has 16 heavy (non-hydrogen) atoms. The van der Waals surface area contributed by atoms with E-state index in [1.54, 1.807) is 0 Å². The molecule has 0 aromatic heterocycles. The summed E-state index contributed by atoms with van der Waals surface area (Å²) in [5, 5.41) is 0. The number of hydrogen-bond acceptors (Lipinski definition) is 2. The molecule has 1 aromatic carbocycles. The summed E-state index contributed by atoms with van der Waals surface area (Å²) in [7, 11) is 3.94. The highest BCUT2D eigenvalue weighted by Crippen LogP contribution is 2.15. The molecule has 0 unspecified atom stereocenters. The molecule has 0 saturated carbocycles. The summed E-state index contributed by atoms with van der Waals surface area (Å²) in [4.78, 5) is 13.8. The molecule has 0 fully saturated rings. The number of ketones is 1. The first-order valence-corrected chi connectivity index (χ1v) is 6.05. The molecule has 0 amide bonds. The van der Waals surface area contributed by atoms with E-state index in [9.17, 15) is 4.79 Å². The Bertz CT molecular complexity index is 350. The summed E-state index contributed by atoms with van der Waals surface area (Å²) in [5.74, 6) is 0.833. The Balaban J connectivity index is 2.64. The van der Waals surface area contributed by atoms with Crippen molar-refractivity contribution in [2.75, 3.05) is 24.9 Å². The molecule has 0 aliphatic carbocycles. The summed E-state index contributed by atoms with van der Waals surface area (Å²) in [5.41, 5.74) is 1.85. The number of unbranched alkanes of at least 4 members (excludes halogenated alkanes) is 1. The Morgan fingerprint density at radius 1 is 1.31 bits per heavy atom. The lowest BCUT2D eigenvalue weighted by molar-refractivity contribution is 0.0980. The van der Waals surface area contributed by atoms with Gasteiger partial charge in [-0.1, -0.05) is 12.1 Å². The van der Waals surface area contributed by atoms with Crippen molar-refractivity contribution < 1.29 is 4.79 Å². The molecule has 0 radical (unpaired) electrons. The normalized spacial score (nSPS) is 10.2. The van der Waals surface area contributed by atoms with Gasteiger partial charge in [0.1, 0.15) is 0 Å². The summed E-state index contributed by atoms with van der Waals surface area (Å²) < 4.78 is 0. The van der Waals surface area contributed by atoms with Crippen LogP contribution in [0.2, 0.25) is 0 Å². The van der Waals surface area contributed by atoms with Gasteiger partial charge in [-0.25, -0.2) is 0 Å². The van der Waals surface area contributed by atoms with Crippen LogP contribution in [0.4, 0.5) is 5.69 Å². The predicted molar refractivity (Wildman–Crippen MR) is 69.7 cm³/mol. The number of carbonyl (C=O) groups is 1. The van der Waals surface area contributed by atoms with Crippen LogP contribution in [0, 0.1) is 0 Å². The molecule has 88 valence electrons. The maximum Gasteiger partial charge on any atom is 0.162 e. The number of halogens is 1. The Labute approximate surface area is 102 Å². The molecule has 1 aromatic rings. The van der Waals surface area contributed by atoms with Gasteiger partial charge in [-0.3, -0.25) is 4.79 Å². The molecule has 2 nitrogen and oxygen atoms in total. The van der Waals surface area contributed by atoms with Crippen molar-refractivity contribution in [2.24, 2.45) is 0 Å². The Kier molecular flexibility index (Phi) is 5.33. The van der Waals surface area contributed by atoms with Gasteiger partial charge in [-0.15, -0.1) is 11.6 Å². The van der Waals surface area contributed by atoms with Crippen LogP contribution < -0.4 is 4.90 Å². The van der Waals surface area contributed by atoms with Gasteiger partial charge in [-0.05, 0) is 25.0 Å². The molecule has 0 bridgehead atoms. The molecule has 0 heterocycles.